The van der Waals surface area contributed by atoms with Crippen molar-refractivity contribution in [3.05, 3.63) is 42.5 Å². The second kappa shape index (κ2) is 16.4. The molecule has 43 heavy (non-hydrogen) atoms. The number of sulfonamides is 1. The first-order chi connectivity index (χ1) is 19.9. The van der Waals surface area contributed by atoms with Crippen molar-refractivity contribution in [3.63, 3.8) is 0 Å². The maximum Gasteiger partial charge on any atom is 0.328 e. The van der Waals surface area contributed by atoms with E-state index in [0.29, 0.717) is 18.5 Å². The van der Waals surface area contributed by atoms with E-state index in [1.54, 1.807) is 30.0 Å². The lowest BCUT2D eigenvalue weighted by molar-refractivity contribution is -0.148. The summed E-state index contributed by atoms with van der Waals surface area (Å²) in [6, 6.07) is 9.36. The zero-order valence-corrected chi connectivity index (χ0v) is 26.4. The number of nitrogens with one attached hydrogen (secondary N) is 4. The zero-order chi connectivity index (χ0) is 30.9. The van der Waals surface area contributed by atoms with Crippen LogP contribution in [0.15, 0.2) is 47.4 Å². The Labute approximate surface area is 259 Å². The number of carbonyl (C=O) groups excluding carboxylic acids is 3. The molecule has 2 aromatic rings. The molecule has 0 saturated carbocycles. The topological polar surface area (TPSA) is 184 Å². The summed E-state index contributed by atoms with van der Waals surface area (Å²) in [6.45, 7) is 7.01. The Morgan fingerprint density at radius 3 is 2.47 bits per heavy atom. The van der Waals surface area contributed by atoms with E-state index < -0.39 is 46.3 Å². The van der Waals surface area contributed by atoms with Crippen molar-refractivity contribution < 1.29 is 27.5 Å². The largest absolute Gasteiger partial charge is 0.464 e. The quantitative estimate of drug-likeness (QED) is 0.125. The summed E-state index contributed by atoms with van der Waals surface area (Å²) < 4.78 is 34.3. The minimum Gasteiger partial charge on any atom is -0.464 e. The van der Waals surface area contributed by atoms with Crippen molar-refractivity contribution in [2.24, 2.45) is 17.6 Å². The normalized spacial score (nSPS) is 16.6. The van der Waals surface area contributed by atoms with Gasteiger partial charge in [-0.15, -0.1) is 12.4 Å². The maximum absolute atomic E-state index is 13.5. The van der Waals surface area contributed by atoms with E-state index in [-0.39, 0.29) is 54.7 Å². The number of guanidine groups is 1. The van der Waals surface area contributed by atoms with E-state index >= 15 is 0 Å². The van der Waals surface area contributed by atoms with Crippen LogP contribution in [-0.4, -0.2) is 75.4 Å². The highest BCUT2D eigenvalue weighted by molar-refractivity contribution is 7.89. The summed E-state index contributed by atoms with van der Waals surface area (Å²) in [5.41, 5.74) is 5.61. The summed E-state index contributed by atoms with van der Waals surface area (Å²) in [6.07, 6.45) is 1.44. The highest BCUT2D eigenvalue weighted by atomic mass is 35.5. The van der Waals surface area contributed by atoms with Crippen LogP contribution in [0.25, 0.3) is 10.8 Å². The molecule has 1 saturated heterocycles. The second-order valence-electron chi connectivity index (χ2n) is 11.0. The Balaban J connectivity index is 0.00000645. The van der Waals surface area contributed by atoms with Crippen LogP contribution >= 0.6 is 12.4 Å². The summed E-state index contributed by atoms with van der Waals surface area (Å²) >= 11 is 0. The second-order valence-corrected chi connectivity index (χ2v) is 12.7. The third kappa shape index (κ3) is 10.7. The molecule has 238 valence electrons. The van der Waals surface area contributed by atoms with E-state index in [4.69, 9.17) is 15.9 Å². The summed E-state index contributed by atoms with van der Waals surface area (Å²) in [7, 11) is -4.23. The molecule has 0 unspecified atom stereocenters. The molecule has 1 aliphatic heterocycles. The SMILES string of the molecule is CCOC(=O)[C@H](CC(C)C)NC(=O)[C@H](CC(=O)NC[C@@H]1CCCN(C(=N)N)C1)NS(=O)(=O)c1ccc2ccccc2c1.Cl. The number of fused-ring (bicyclic) bond motifs is 1. The van der Waals surface area contributed by atoms with Gasteiger partial charge < -0.3 is 26.0 Å². The number of benzene rings is 2. The molecule has 0 radical (unpaired) electrons. The number of halogens is 1. The van der Waals surface area contributed by atoms with Gasteiger partial charge in [0.15, 0.2) is 5.96 Å². The van der Waals surface area contributed by atoms with Crippen molar-refractivity contribution in [2.75, 3.05) is 26.2 Å². The van der Waals surface area contributed by atoms with Gasteiger partial charge in [0.2, 0.25) is 21.8 Å². The number of nitrogens with zero attached hydrogens (tertiary/aromatic N) is 1. The fraction of sp³-hybridized carbons (Fsp3) is 0.517. The zero-order valence-electron chi connectivity index (χ0n) is 24.8. The van der Waals surface area contributed by atoms with Crippen molar-refractivity contribution >= 4 is 56.9 Å². The highest BCUT2D eigenvalue weighted by Crippen LogP contribution is 2.20. The molecule has 1 fully saturated rings. The van der Waals surface area contributed by atoms with Crippen LogP contribution < -0.4 is 21.1 Å². The lowest BCUT2D eigenvalue weighted by Gasteiger charge is -2.33. The van der Waals surface area contributed by atoms with Gasteiger partial charge in [0.1, 0.15) is 12.1 Å². The number of esters is 1. The number of rotatable bonds is 13. The van der Waals surface area contributed by atoms with Gasteiger partial charge in [0.25, 0.3) is 0 Å². The fourth-order valence-electron chi connectivity index (χ4n) is 4.94. The van der Waals surface area contributed by atoms with E-state index in [1.807, 2.05) is 26.0 Å². The molecule has 0 spiro atoms. The molecule has 0 bridgehead atoms. The third-order valence-electron chi connectivity index (χ3n) is 7.08. The molecular formula is C29H43ClN6O6S. The molecule has 0 aromatic heterocycles. The van der Waals surface area contributed by atoms with Crippen molar-refractivity contribution in [1.82, 2.24) is 20.3 Å². The van der Waals surface area contributed by atoms with Crippen molar-refractivity contribution in [1.29, 1.82) is 5.41 Å². The van der Waals surface area contributed by atoms with Gasteiger partial charge >= 0.3 is 5.97 Å². The van der Waals surface area contributed by atoms with Crippen molar-refractivity contribution in [2.45, 2.75) is 63.4 Å². The van der Waals surface area contributed by atoms with Gasteiger partial charge in [-0.05, 0) is 60.9 Å². The van der Waals surface area contributed by atoms with Crippen LogP contribution in [0, 0.1) is 17.2 Å². The van der Waals surface area contributed by atoms with Crippen LogP contribution in [0.2, 0.25) is 0 Å². The van der Waals surface area contributed by atoms with Gasteiger partial charge in [0.05, 0.1) is 17.9 Å². The molecule has 1 heterocycles. The third-order valence-corrected chi connectivity index (χ3v) is 8.55. The van der Waals surface area contributed by atoms with E-state index in [0.717, 1.165) is 18.2 Å². The van der Waals surface area contributed by atoms with Gasteiger partial charge in [-0.1, -0.05) is 44.2 Å². The Hall–Kier alpha value is -3.42. The van der Waals surface area contributed by atoms with E-state index in [1.165, 1.54) is 12.1 Å². The van der Waals surface area contributed by atoms with Crippen molar-refractivity contribution in [3.8, 4) is 0 Å². The average Bonchev–Trinajstić information content (AvgIpc) is 2.95. The molecule has 6 N–H and O–H groups in total. The van der Waals surface area contributed by atoms with Gasteiger partial charge in [0, 0.05) is 19.6 Å². The molecule has 12 nitrogen and oxygen atoms in total. The number of amides is 2. The number of piperidine rings is 1. The Morgan fingerprint density at radius 2 is 1.81 bits per heavy atom. The van der Waals surface area contributed by atoms with E-state index in [9.17, 15) is 22.8 Å². The number of ether oxygens (including phenoxy) is 1. The van der Waals surface area contributed by atoms with Gasteiger partial charge in [-0.3, -0.25) is 15.0 Å². The molecular weight excluding hydrogens is 596 g/mol. The van der Waals surface area contributed by atoms with Crippen LogP contribution in [-0.2, 0) is 29.1 Å². The number of likely N-dealkylation sites (tertiary alicyclic amines) is 1. The smallest absolute Gasteiger partial charge is 0.328 e. The van der Waals surface area contributed by atoms with Gasteiger partial charge in [-0.25, -0.2) is 13.2 Å². The summed E-state index contributed by atoms with van der Waals surface area (Å²) in [5.74, 6) is -1.93. The molecule has 1 aliphatic rings. The first-order valence-electron chi connectivity index (χ1n) is 14.2. The molecule has 14 heteroatoms. The maximum atomic E-state index is 13.5. The van der Waals surface area contributed by atoms with Crippen LogP contribution in [0.4, 0.5) is 0 Å². The Kier molecular flexibility index (Phi) is 13.7. The van der Waals surface area contributed by atoms with Crippen LogP contribution in [0.3, 0.4) is 0 Å². The standard InChI is InChI=1S/C29H42N6O6S.ClH/c1-4-41-28(38)25(14-19(2)3)33-27(37)24(16-26(36)32-17-20-8-7-13-35(18-20)29(30)31)34-42(39,40)23-12-11-21-9-5-6-10-22(21)15-23;/h5-6,9-12,15,19-20,24-25,34H,4,7-8,13-14,16-18H2,1-3H3,(H3,30,31)(H,32,36)(H,33,37);1H/t20-,24-,25-;/m0./s1. The average molecular weight is 639 g/mol. The fourth-order valence-corrected chi connectivity index (χ4v) is 6.17. The number of nitrogens with two attached hydrogens (primary N) is 1. The molecule has 2 amide bonds. The minimum atomic E-state index is -4.23. The predicted octanol–water partition coefficient (Wildman–Crippen LogP) is 2.11. The minimum absolute atomic E-state index is 0. The molecule has 3 rings (SSSR count). The number of hydrogen-bond acceptors (Lipinski definition) is 7. The Morgan fingerprint density at radius 1 is 1.12 bits per heavy atom. The van der Waals surface area contributed by atoms with Crippen LogP contribution in [0.5, 0.6) is 0 Å². The lowest BCUT2D eigenvalue weighted by atomic mass is 9.98. The highest BCUT2D eigenvalue weighted by Gasteiger charge is 2.32. The van der Waals surface area contributed by atoms with E-state index in [2.05, 4.69) is 15.4 Å². The summed E-state index contributed by atoms with van der Waals surface area (Å²) in [5, 5.41) is 14.6. The predicted molar refractivity (Wildman–Crippen MR) is 167 cm³/mol. The Bertz CT molecular complexity index is 1390. The monoisotopic (exact) mass is 638 g/mol. The van der Waals surface area contributed by atoms with Crippen LogP contribution in [0.1, 0.15) is 46.5 Å². The summed E-state index contributed by atoms with van der Waals surface area (Å²) in [4.78, 5) is 40.7. The molecule has 2 aromatic carbocycles. The first-order valence-corrected chi connectivity index (χ1v) is 15.7. The molecule has 0 aliphatic carbocycles. The molecule has 3 atom stereocenters. The van der Waals surface area contributed by atoms with Gasteiger partial charge in [-0.2, -0.15) is 4.72 Å². The lowest BCUT2D eigenvalue weighted by Crippen LogP contribution is -2.53. The number of carbonyl (C=O) groups is 3. The number of hydrogen-bond donors (Lipinski definition) is 5. The first kappa shape index (κ1) is 35.8.